The second-order valence-corrected chi connectivity index (χ2v) is 6.89. The molecule has 0 bridgehead atoms. The quantitative estimate of drug-likeness (QED) is 0.587. The summed E-state index contributed by atoms with van der Waals surface area (Å²) in [5, 5.41) is 22.9. The Morgan fingerprint density at radius 3 is 2.48 bits per heavy atom. The summed E-state index contributed by atoms with van der Waals surface area (Å²) in [6, 6.07) is 11.5. The lowest BCUT2D eigenvalue weighted by molar-refractivity contribution is -0.141. The van der Waals surface area contributed by atoms with E-state index in [9.17, 15) is 19.5 Å². The van der Waals surface area contributed by atoms with E-state index in [4.69, 9.17) is 5.11 Å². The molecule has 3 aromatic rings. The van der Waals surface area contributed by atoms with Crippen molar-refractivity contribution in [1.29, 1.82) is 0 Å². The van der Waals surface area contributed by atoms with Crippen molar-refractivity contribution in [2.45, 2.75) is 26.4 Å². The molecule has 29 heavy (non-hydrogen) atoms. The number of aliphatic carboxylic acids is 1. The minimum absolute atomic E-state index is 0.195. The first-order chi connectivity index (χ1) is 13.8. The van der Waals surface area contributed by atoms with Crippen molar-refractivity contribution < 1.29 is 19.8 Å². The van der Waals surface area contributed by atoms with Crippen molar-refractivity contribution in [2.24, 2.45) is 5.92 Å². The number of carbonyl (C=O) groups is 2. The maximum absolute atomic E-state index is 12.6. The van der Waals surface area contributed by atoms with Crippen LogP contribution in [0.1, 0.15) is 29.9 Å². The number of fused-ring (bicyclic) bond motifs is 1. The van der Waals surface area contributed by atoms with Gasteiger partial charge in [-0.25, -0.2) is 4.98 Å². The number of hydrogen-bond donors (Lipinski definition) is 3. The van der Waals surface area contributed by atoms with Gasteiger partial charge in [-0.1, -0.05) is 30.3 Å². The van der Waals surface area contributed by atoms with E-state index < -0.39 is 29.6 Å². The highest BCUT2D eigenvalue weighted by atomic mass is 16.4. The van der Waals surface area contributed by atoms with Gasteiger partial charge in [0.1, 0.15) is 0 Å². The molecular formula is C21H21N3O5. The summed E-state index contributed by atoms with van der Waals surface area (Å²) in [5.74, 6) is -3.01. The molecule has 2 aromatic heterocycles. The van der Waals surface area contributed by atoms with Crippen molar-refractivity contribution in [3.8, 4) is 5.75 Å². The van der Waals surface area contributed by atoms with Gasteiger partial charge in [0.25, 0.3) is 11.5 Å². The molecule has 8 heteroatoms. The zero-order valence-electron chi connectivity index (χ0n) is 16.0. The van der Waals surface area contributed by atoms with Crippen LogP contribution in [-0.4, -0.2) is 37.7 Å². The number of pyridine rings is 2. The molecule has 3 N–H and O–H groups in total. The van der Waals surface area contributed by atoms with Crippen LogP contribution in [-0.2, 0) is 11.3 Å². The number of amides is 1. The Balaban J connectivity index is 2.04. The third-order valence-corrected chi connectivity index (χ3v) is 4.89. The Hall–Kier alpha value is -3.68. The SMILES string of the molecule is CC(NC(=O)c1ncc2ccc(=O)n(Cc3ccccc3)c2c1O)C(C)C(=O)O. The Bertz CT molecular complexity index is 1120. The maximum atomic E-state index is 12.6. The number of benzene rings is 1. The van der Waals surface area contributed by atoms with Gasteiger partial charge in [0.05, 0.1) is 18.0 Å². The van der Waals surface area contributed by atoms with E-state index >= 15 is 0 Å². The fourth-order valence-corrected chi connectivity index (χ4v) is 2.98. The number of nitrogens with zero attached hydrogens (tertiary/aromatic N) is 2. The van der Waals surface area contributed by atoms with Crippen LogP contribution in [0.15, 0.2) is 53.5 Å². The third kappa shape index (κ3) is 4.11. The highest BCUT2D eigenvalue weighted by molar-refractivity contribution is 6.00. The molecule has 1 amide bonds. The number of hydrogen-bond acceptors (Lipinski definition) is 5. The van der Waals surface area contributed by atoms with Crippen LogP contribution in [0, 0.1) is 5.92 Å². The fraction of sp³-hybridized carbons (Fsp3) is 0.238. The van der Waals surface area contributed by atoms with Crippen LogP contribution >= 0.6 is 0 Å². The van der Waals surface area contributed by atoms with Gasteiger partial charge in [-0.15, -0.1) is 0 Å². The minimum atomic E-state index is -1.05. The van der Waals surface area contributed by atoms with Gasteiger partial charge in [-0.3, -0.25) is 14.4 Å². The number of aromatic hydroxyl groups is 1. The van der Waals surface area contributed by atoms with Gasteiger partial charge in [0.2, 0.25) is 0 Å². The van der Waals surface area contributed by atoms with Crippen LogP contribution in [0.4, 0.5) is 0 Å². The summed E-state index contributed by atoms with van der Waals surface area (Å²) in [5.41, 5.74) is 0.449. The largest absolute Gasteiger partial charge is 0.504 e. The topological polar surface area (TPSA) is 122 Å². The van der Waals surface area contributed by atoms with E-state index in [0.717, 1.165) is 5.56 Å². The number of aromatic nitrogens is 2. The molecule has 150 valence electrons. The smallest absolute Gasteiger partial charge is 0.308 e. The van der Waals surface area contributed by atoms with Crippen LogP contribution in [0.25, 0.3) is 10.9 Å². The molecule has 0 saturated carbocycles. The van der Waals surface area contributed by atoms with Crippen molar-refractivity contribution in [1.82, 2.24) is 14.9 Å². The molecule has 0 aliphatic carbocycles. The summed E-state index contributed by atoms with van der Waals surface area (Å²) in [7, 11) is 0. The molecule has 3 rings (SSSR count). The molecule has 0 fully saturated rings. The van der Waals surface area contributed by atoms with E-state index in [0.29, 0.717) is 5.39 Å². The van der Waals surface area contributed by atoms with Gasteiger partial charge in [0, 0.05) is 23.7 Å². The van der Waals surface area contributed by atoms with E-state index in [1.807, 2.05) is 30.3 Å². The molecule has 8 nitrogen and oxygen atoms in total. The zero-order chi connectivity index (χ0) is 21.1. The average Bonchev–Trinajstić information content (AvgIpc) is 2.70. The number of carboxylic acid groups (broad SMARTS) is 1. The monoisotopic (exact) mass is 395 g/mol. The van der Waals surface area contributed by atoms with Crippen LogP contribution < -0.4 is 10.9 Å². The zero-order valence-corrected chi connectivity index (χ0v) is 16.0. The number of nitrogens with one attached hydrogen (secondary N) is 1. The highest BCUT2D eigenvalue weighted by Crippen LogP contribution is 2.26. The summed E-state index contributed by atoms with van der Waals surface area (Å²) in [4.78, 5) is 40.2. The minimum Gasteiger partial charge on any atom is -0.504 e. The third-order valence-electron chi connectivity index (χ3n) is 4.89. The molecule has 1 aromatic carbocycles. The van der Waals surface area contributed by atoms with E-state index in [-0.39, 0.29) is 23.3 Å². The first-order valence-electron chi connectivity index (χ1n) is 9.08. The molecule has 0 aliphatic rings. The highest BCUT2D eigenvalue weighted by Gasteiger charge is 2.24. The van der Waals surface area contributed by atoms with Crippen LogP contribution in [0.5, 0.6) is 5.75 Å². The Morgan fingerprint density at radius 1 is 1.14 bits per heavy atom. The van der Waals surface area contributed by atoms with Crippen molar-refractivity contribution in [3.05, 3.63) is 70.3 Å². The first-order valence-corrected chi connectivity index (χ1v) is 9.08. The Labute approximate surface area is 166 Å². The molecule has 2 unspecified atom stereocenters. The molecule has 0 saturated heterocycles. The Kier molecular flexibility index (Phi) is 5.63. The Morgan fingerprint density at radius 2 is 1.83 bits per heavy atom. The lowest BCUT2D eigenvalue weighted by Gasteiger charge is -2.18. The summed E-state index contributed by atoms with van der Waals surface area (Å²) in [6.45, 7) is 3.24. The van der Waals surface area contributed by atoms with Crippen LogP contribution in [0.2, 0.25) is 0 Å². The van der Waals surface area contributed by atoms with E-state index in [1.165, 1.54) is 29.8 Å². The van der Waals surface area contributed by atoms with Crippen molar-refractivity contribution >= 4 is 22.8 Å². The lowest BCUT2D eigenvalue weighted by Crippen LogP contribution is -2.40. The number of rotatable bonds is 6. The molecule has 2 heterocycles. The van der Waals surface area contributed by atoms with Gasteiger partial charge in [0.15, 0.2) is 11.4 Å². The van der Waals surface area contributed by atoms with Gasteiger partial charge in [-0.2, -0.15) is 0 Å². The maximum Gasteiger partial charge on any atom is 0.308 e. The predicted octanol–water partition coefficient (Wildman–Crippen LogP) is 1.99. The standard InChI is InChI=1S/C21H21N3O5/c1-12(21(28)29)13(2)23-20(27)17-19(26)18-15(10-22-17)8-9-16(25)24(18)11-14-6-4-3-5-7-14/h3-10,12-13,26H,11H2,1-2H3,(H,23,27)(H,28,29). The van der Waals surface area contributed by atoms with Crippen LogP contribution in [0.3, 0.4) is 0 Å². The summed E-state index contributed by atoms with van der Waals surface area (Å²) < 4.78 is 1.38. The van der Waals surface area contributed by atoms with Crippen molar-refractivity contribution in [2.75, 3.05) is 0 Å². The van der Waals surface area contributed by atoms with E-state index in [1.54, 1.807) is 6.92 Å². The first kappa shape index (κ1) is 20.1. The number of carboxylic acids is 1. The normalized spacial score (nSPS) is 13.0. The van der Waals surface area contributed by atoms with Gasteiger partial charge < -0.3 is 20.1 Å². The predicted molar refractivity (Wildman–Crippen MR) is 107 cm³/mol. The second kappa shape index (κ2) is 8.14. The van der Waals surface area contributed by atoms with Gasteiger partial charge in [-0.05, 0) is 25.5 Å². The number of carbonyl (C=O) groups excluding carboxylic acids is 1. The van der Waals surface area contributed by atoms with E-state index in [2.05, 4.69) is 10.3 Å². The molecule has 0 radical (unpaired) electrons. The fourth-order valence-electron chi connectivity index (χ4n) is 2.98. The summed E-state index contributed by atoms with van der Waals surface area (Å²) in [6.07, 6.45) is 1.40. The second-order valence-electron chi connectivity index (χ2n) is 6.89. The van der Waals surface area contributed by atoms with Gasteiger partial charge >= 0.3 is 5.97 Å². The molecule has 0 aliphatic heterocycles. The average molecular weight is 395 g/mol. The summed E-state index contributed by atoms with van der Waals surface area (Å²) >= 11 is 0. The molecular weight excluding hydrogens is 374 g/mol. The van der Waals surface area contributed by atoms with Crippen molar-refractivity contribution in [3.63, 3.8) is 0 Å². The molecule has 2 atom stereocenters. The molecule has 0 spiro atoms. The lowest BCUT2D eigenvalue weighted by atomic mass is 10.0.